The molecule has 0 fully saturated rings. The van der Waals surface area contributed by atoms with E-state index in [0.29, 0.717) is 31.2 Å². The zero-order valence-electron chi connectivity index (χ0n) is 12.8. The molecule has 2 aromatic carbocycles. The van der Waals surface area contributed by atoms with Gasteiger partial charge >= 0.3 is 6.03 Å². The standard InChI is InChI=1S/C17H19FN2O3/c1-2-22-15-7-4-8-16(12-15)23-10-9-19-17(21)20-14-6-3-5-13(18)11-14/h3-8,11-12H,2,9-10H2,1H3,(H2,19,20,21). The molecule has 2 amide bonds. The Labute approximate surface area is 134 Å². The Hall–Kier alpha value is -2.76. The van der Waals surface area contributed by atoms with E-state index >= 15 is 0 Å². The summed E-state index contributed by atoms with van der Waals surface area (Å²) in [6, 6.07) is 12.6. The number of urea groups is 1. The predicted molar refractivity (Wildman–Crippen MR) is 86.5 cm³/mol. The minimum Gasteiger partial charge on any atom is -0.494 e. The van der Waals surface area contributed by atoms with Gasteiger partial charge in [-0.05, 0) is 37.3 Å². The molecule has 2 rings (SSSR count). The number of rotatable bonds is 7. The summed E-state index contributed by atoms with van der Waals surface area (Å²) >= 11 is 0. The lowest BCUT2D eigenvalue weighted by Crippen LogP contribution is -2.32. The first-order chi connectivity index (χ1) is 11.2. The van der Waals surface area contributed by atoms with Gasteiger partial charge in [0.2, 0.25) is 0 Å². The smallest absolute Gasteiger partial charge is 0.319 e. The number of amides is 2. The van der Waals surface area contributed by atoms with Crippen LogP contribution >= 0.6 is 0 Å². The average Bonchev–Trinajstić information content (AvgIpc) is 2.52. The van der Waals surface area contributed by atoms with Crippen LogP contribution in [-0.4, -0.2) is 25.8 Å². The molecule has 23 heavy (non-hydrogen) atoms. The fourth-order valence-electron chi connectivity index (χ4n) is 1.90. The maximum atomic E-state index is 13.0. The number of halogens is 1. The van der Waals surface area contributed by atoms with E-state index in [0.717, 1.165) is 5.75 Å². The van der Waals surface area contributed by atoms with Gasteiger partial charge in [0.05, 0.1) is 13.2 Å². The Kier molecular flexibility index (Phi) is 6.23. The van der Waals surface area contributed by atoms with Crippen molar-refractivity contribution in [2.45, 2.75) is 6.92 Å². The van der Waals surface area contributed by atoms with Crippen LogP contribution < -0.4 is 20.1 Å². The van der Waals surface area contributed by atoms with Crippen LogP contribution in [0.4, 0.5) is 14.9 Å². The summed E-state index contributed by atoms with van der Waals surface area (Å²) in [5, 5.41) is 5.17. The van der Waals surface area contributed by atoms with Crippen LogP contribution in [0, 0.1) is 5.82 Å². The molecule has 0 aliphatic heterocycles. The number of nitrogens with one attached hydrogen (secondary N) is 2. The maximum Gasteiger partial charge on any atom is 0.319 e. The van der Waals surface area contributed by atoms with Gasteiger partial charge in [-0.25, -0.2) is 9.18 Å². The van der Waals surface area contributed by atoms with Crippen molar-refractivity contribution in [2.24, 2.45) is 0 Å². The Morgan fingerprint density at radius 2 is 1.83 bits per heavy atom. The van der Waals surface area contributed by atoms with Gasteiger partial charge in [0.1, 0.15) is 23.9 Å². The summed E-state index contributed by atoms with van der Waals surface area (Å²) in [7, 11) is 0. The van der Waals surface area contributed by atoms with Crippen LogP contribution in [0.25, 0.3) is 0 Å². The molecule has 0 spiro atoms. The summed E-state index contributed by atoms with van der Waals surface area (Å²) in [6.45, 7) is 3.13. The van der Waals surface area contributed by atoms with Gasteiger partial charge in [0.25, 0.3) is 0 Å². The van der Waals surface area contributed by atoms with Crippen molar-refractivity contribution in [1.82, 2.24) is 5.32 Å². The van der Waals surface area contributed by atoms with Crippen LogP contribution in [0.3, 0.4) is 0 Å². The van der Waals surface area contributed by atoms with Crippen LogP contribution in [0.5, 0.6) is 11.5 Å². The molecule has 0 bridgehead atoms. The van der Waals surface area contributed by atoms with E-state index < -0.39 is 11.8 Å². The van der Waals surface area contributed by atoms with E-state index in [4.69, 9.17) is 9.47 Å². The average molecular weight is 318 g/mol. The lowest BCUT2D eigenvalue weighted by Gasteiger charge is -2.10. The number of carbonyl (C=O) groups excluding carboxylic acids is 1. The Morgan fingerprint density at radius 3 is 2.57 bits per heavy atom. The molecule has 6 heteroatoms. The second kappa shape index (κ2) is 8.63. The van der Waals surface area contributed by atoms with E-state index in [-0.39, 0.29) is 0 Å². The van der Waals surface area contributed by atoms with Crippen LogP contribution in [0.2, 0.25) is 0 Å². The number of hydrogen-bond donors (Lipinski definition) is 2. The van der Waals surface area contributed by atoms with E-state index in [1.807, 2.05) is 25.1 Å². The first-order valence-corrected chi connectivity index (χ1v) is 7.33. The Balaban J connectivity index is 1.70. The summed E-state index contributed by atoms with van der Waals surface area (Å²) in [6.07, 6.45) is 0. The molecular formula is C17H19FN2O3. The molecule has 0 aliphatic rings. The highest BCUT2D eigenvalue weighted by molar-refractivity contribution is 5.89. The Bertz CT molecular complexity index is 649. The number of hydrogen-bond acceptors (Lipinski definition) is 3. The molecule has 0 saturated heterocycles. The van der Waals surface area contributed by atoms with Gasteiger partial charge in [0, 0.05) is 11.8 Å². The molecule has 0 saturated carbocycles. The minimum atomic E-state index is -0.415. The summed E-state index contributed by atoms with van der Waals surface area (Å²) < 4.78 is 23.9. The highest BCUT2D eigenvalue weighted by Crippen LogP contribution is 2.19. The van der Waals surface area contributed by atoms with Crippen molar-refractivity contribution in [1.29, 1.82) is 0 Å². The lowest BCUT2D eigenvalue weighted by atomic mass is 10.3. The third-order valence-electron chi connectivity index (χ3n) is 2.86. The molecule has 2 aromatic rings. The largest absolute Gasteiger partial charge is 0.494 e. The SMILES string of the molecule is CCOc1cccc(OCCNC(=O)Nc2cccc(F)c2)c1. The molecule has 5 nitrogen and oxygen atoms in total. The molecule has 0 heterocycles. The van der Waals surface area contributed by atoms with E-state index in [1.54, 1.807) is 12.1 Å². The van der Waals surface area contributed by atoms with E-state index in [2.05, 4.69) is 10.6 Å². The van der Waals surface area contributed by atoms with Crippen molar-refractivity contribution in [3.05, 3.63) is 54.3 Å². The van der Waals surface area contributed by atoms with Gasteiger partial charge in [-0.2, -0.15) is 0 Å². The lowest BCUT2D eigenvalue weighted by molar-refractivity contribution is 0.247. The molecule has 0 aromatic heterocycles. The summed E-state index contributed by atoms with van der Waals surface area (Å²) in [5.74, 6) is 1.01. The molecule has 122 valence electrons. The van der Waals surface area contributed by atoms with Crippen molar-refractivity contribution in [3.8, 4) is 11.5 Å². The molecule has 0 radical (unpaired) electrons. The normalized spacial score (nSPS) is 10.0. The Morgan fingerprint density at radius 1 is 1.09 bits per heavy atom. The molecular weight excluding hydrogens is 299 g/mol. The minimum absolute atomic E-state index is 0.312. The zero-order chi connectivity index (χ0) is 16.5. The second-order valence-electron chi connectivity index (χ2n) is 4.65. The quantitative estimate of drug-likeness (QED) is 0.769. The van der Waals surface area contributed by atoms with Crippen molar-refractivity contribution >= 4 is 11.7 Å². The molecule has 0 atom stereocenters. The van der Waals surface area contributed by atoms with Gasteiger partial charge in [-0.1, -0.05) is 12.1 Å². The molecule has 2 N–H and O–H groups in total. The fraction of sp³-hybridized carbons (Fsp3) is 0.235. The number of carbonyl (C=O) groups is 1. The first-order valence-electron chi connectivity index (χ1n) is 7.33. The van der Waals surface area contributed by atoms with Crippen molar-refractivity contribution in [3.63, 3.8) is 0 Å². The van der Waals surface area contributed by atoms with E-state index in [9.17, 15) is 9.18 Å². The monoisotopic (exact) mass is 318 g/mol. The molecule has 0 unspecified atom stereocenters. The fourth-order valence-corrected chi connectivity index (χ4v) is 1.90. The van der Waals surface area contributed by atoms with Crippen LogP contribution in [-0.2, 0) is 0 Å². The van der Waals surface area contributed by atoms with Gasteiger partial charge in [-0.3, -0.25) is 0 Å². The summed E-state index contributed by atoms with van der Waals surface area (Å²) in [4.78, 5) is 11.7. The summed E-state index contributed by atoms with van der Waals surface area (Å²) in [5.41, 5.74) is 0.396. The van der Waals surface area contributed by atoms with E-state index in [1.165, 1.54) is 18.2 Å². The predicted octanol–water partition coefficient (Wildman–Crippen LogP) is 3.42. The molecule has 0 aliphatic carbocycles. The zero-order valence-corrected chi connectivity index (χ0v) is 12.8. The van der Waals surface area contributed by atoms with Gasteiger partial charge in [-0.15, -0.1) is 0 Å². The van der Waals surface area contributed by atoms with Crippen LogP contribution in [0.15, 0.2) is 48.5 Å². The first kappa shape index (κ1) is 16.6. The maximum absolute atomic E-state index is 13.0. The number of benzene rings is 2. The second-order valence-corrected chi connectivity index (χ2v) is 4.65. The van der Waals surface area contributed by atoms with Crippen molar-refractivity contribution in [2.75, 3.05) is 25.1 Å². The number of anilines is 1. The van der Waals surface area contributed by atoms with Gasteiger partial charge < -0.3 is 20.1 Å². The van der Waals surface area contributed by atoms with Crippen molar-refractivity contribution < 1.29 is 18.7 Å². The third-order valence-corrected chi connectivity index (χ3v) is 2.86. The van der Waals surface area contributed by atoms with Gasteiger partial charge in [0.15, 0.2) is 0 Å². The highest BCUT2D eigenvalue weighted by Gasteiger charge is 2.02. The van der Waals surface area contributed by atoms with Crippen LogP contribution in [0.1, 0.15) is 6.92 Å². The highest BCUT2D eigenvalue weighted by atomic mass is 19.1. The topological polar surface area (TPSA) is 59.6 Å². The number of ether oxygens (including phenoxy) is 2. The third kappa shape index (κ3) is 5.86.